The molecule has 21 heavy (non-hydrogen) atoms. The SMILES string of the molecule is Cc1ccc(S(=O)(=O)NCCc2cc(C)n(C)n2)cc1C. The van der Waals surface area contributed by atoms with E-state index in [-0.39, 0.29) is 0 Å². The Bertz CT molecular complexity index is 729. The Balaban J connectivity index is 2.02. The Labute approximate surface area is 126 Å². The van der Waals surface area contributed by atoms with Crippen molar-refractivity contribution in [1.29, 1.82) is 0 Å². The van der Waals surface area contributed by atoms with E-state index in [9.17, 15) is 8.42 Å². The summed E-state index contributed by atoms with van der Waals surface area (Å²) in [6, 6.07) is 7.12. The van der Waals surface area contributed by atoms with Crippen LogP contribution >= 0.6 is 0 Å². The lowest BCUT2D eigenvalue weighted by Gasteiger charge is -2.08. The number of sulfonamides is 1. The molecule has 2 aromatic rings. The molecule has 0 spiro atoms. The molecule has 0 saturated carbocycles. The fourth-order valence-electron chi connectivity index (χ4n) is 2.03. The number of hydrogen-bond acceptors (Lipinski definition) is 3. The fourth-order valence-corrected chi connectivity index (χ4v) is 3.15. The summed E-state index contributed by atoms with van der Waals surface area (Å²) in [5.41, 5.74) is 4.00. The second-order valence-corrected chi connectivity index (χ2v) is 7.06. The number of nitrogens with zero attached hydrogens (tertiary/aromatic N) is 2. The number of hydrogen-bond donors (Lipinski definition) is 1. The van der Waals surface area contributed by atoms with Gasteiger partial charge in [0, 0.05) is 25.7 Å². The van der Waals surface area contributed by atoms with Crippen LogP contribution < -0.4 is 4.72 Å². The first-order chi connectivity index (χ1) is 9.79. The van der Waals surface area contributed by atoms with E-state index in [0.717, 1.165) is 22.5 Å². The van der Waals surface area contributed by atoms with Crippen molar-refractivity contribution in [1.82, 2.24) is 14.5 Å². The van der Waals surface area contributed by atoms with E-state index in [4.69, 9.17) is 0 Å². The molecule has 0 fully saturated rings. The molecule has 0 radical (unpaired) electrons. The molecule has 0 aliphatic rings. The van der Waals surface area contributed by atoms with Crippen LogP contribution in [-0.2, 0) is 23.5 Å². The van der Waals surface area contributed by atoms with Crippen molar-refractivity contribution in [3.8, 4) is 0 Å². The zero-order valence-electron chi connectivity index (χ0n) is 12.8. The van der Waals surface area contributed by atoms with Gasteiger partial charge in [-0.15, -0.1) is 0 Å². The van der Waals surface area contributed by atoms with Crippen molar-refractivity contribution < 1.29 is 8.42 Å². The largest absolute Gasteiger partial charge is 0.273 e. The summed E-state index contributed by atoms with van der Waals surface area (Å²) in [6.45, 7) is 6.18. The van der Waals surface area contributed by atoms with Crippen molar-refractivity contribution in [2.24, 2.45) is 7.05 Å². The first-order valence-corrected chi connectivity index (χ1v) is 8.34. The molecule has 1 heterocycles. The van der Waals surface area contributed by atoms with E-state index < -0.39 is 10.0 Å². The van der Waals surface area contributed by atoms with Crippen LogP contribution in [0.3, 0.4) is 0 Å². The summed E-state index contributed by atoms with van der Waals surface area (Å²) in [7, 11) is -1.58. The highest BCUT2D eigenvalue weighted by molar-refractivity contribution is 7.89. The topological polar surface area (TPSA) is 64.0 Å². The van der Waals surface area contributed by atoms with Gasteiger partial charge in [-0.2, -0.15) is 5.10 Å². The molecule has 2 rings (SSSR count). The van der Waals surface area contributed by atoms with Gasteiger partial charge >= 0.3 is 0 Å². The predicted molar refractivity (Wildman–Crippen MR) is 82.8 cm³/mol. The number of rotatable bonds is 5. The third kappa shape index (κ3) is 3.71. The molecule has 0 bridgehead atoms. The van der Waals surface area contributed by atoms with Gasteiger partial charge in [0.05, 0.1) is 10.6 Å². The molecule has 5 nitrogen and oxygen atoms in total. The normalized spacial score (nSPS) is 11.8. The van der Waals surface area contributed by atoms with Gasteiger partial charge in [0.25, 0.3) is 0 Å². The third-order valence-corrected chi connectivity index (χ3v) is 5.08. The molecular weight excluding hydrogens is 286 g/mol. The van der Waals surface area contributed by atoms with E-state index in [0.29, 0.717) is 17.9 Å². The summed E-state index contributed by atoms with van der Waals surface area (Å²) in [4.78, 5) is 0.308. The van der Waals surface area contributed by atoms with Crippen LogP contribution in [0.25, 0.3) is 0 Å². The lowest BCUT2D eigenvalue weighted by atomic mass is 10.1. The summed E-state index contributed by atoms with van der Waals surface area (Å²) in [5, 5.41) is 4.31. The fraction of sp³-hybridized carbons (Fsp3) is 0.400. The van der Waals surface area contributed by atoms with Crippen molar-refractivity contribution >= 4 is 10.0 Å². The van der Waals surface area contributed by atoms with Crippen LogP contribution in [0.15, 0.2) is 29.2 Å². The maximum atomic E-state index is 12.2. The summed E-state index contributed by atoms with van der Waals surface area (Å²) < 4.78 is 28.8. The van der Waals surface area contributed by atoms with Gasteiger partial charge in [-0.1, -0.05) is 6.07 Å². The van der Waals surface area contributed by atoms with Crippen molar-refractivity contribution in [2.75, 3.05) is 6.54 Å². The molecule has 0 aliphatic heterocycles. The van der Waals surface area contributed by atoms with E-state index in [1.807, 2.05) is 40.0 Å². The standard InChI is InChI=1S/C15H21N3O2S/c1-11-5-6-15(9-12(11)2)21(19,20)16-8-7-14-10-13(3)18(4)17-14/h5-6,9-10,16H,7-8H2,1-4H3. The number of aromatic nitrogens is 2. The Morgan fingerprint density at radius 2 is 1.86 bits per heavy atom. The van der Waals surface area contributed by atoms with E-state index in [1.54, 1.807) is 16.8 Å². The molecule has 0 aliphatic carbocycles. The molecule has 0 saturated heterocycles. The van der Waals surface area contributed by atoms with Gasteiger partial charge in [0.1, 0.15) is 0 Å². The molecule has 0 atom stereocenters. The maximum Gasteiger partial charge on any atom is 0.240 e. The van der Waals surface area contributed by atoms with Gasteiger partial charge in [0.15, 0.2) is 0 Å². The highest BCUT2D eigenvalue weighted by Gasteiger charge is 2.14. The molecule has 114 valence electrons. The van der Waals surface area contributed by atoms with Crippen molar-refractivity contribution in [3.63, 3.8) is 0 Å². The summed E-state index contributed by atoms with van der Waals surface area (Å²) in [6.07, 6.45) is 0.575. The van der Waals surface area contributed by atoms with E-state index in [2.05, 4.69) is 9.82 Å². The minimum atomic E-state index is -3.46. The second kappa shape index (κ2) is 5.99. The lowest BCUT2D eigenvalue weighted by molar-refractivity contribution is 0.581. The molecule has 1 aromatic heterocycles. The minimum absolute atomic E-state index is 0.308. The smallest absolute Gasteiger partial charge is 0.240 e. The lowest BCUT2D eigenvalue weighted by Crippen LogP contribution is -2.26. The van der Waals surface area contributed by atoms with Gasteiger partial charge < -0.3 is 0 Å². The Morgan fingerprint density at radius 3 is 2.43 bits per heavy atom. The molecule has 0 amide bonds. The maximum absolute atomic E-state index is 12.2. The second-order valence-electron chi connectivity index (χ2n) is 5.29. The highest BCUT2D eigenvalue weighted by Crippen LogP contribution is 2.14. The highest BCUT2D eigenvalue weighted by atomic mass is 32.2. The first kappa shape index (κ1) is 15.7. The van der Waals surface area contributed by atoms with E-state index in [1.165, 1.54) is 0 Å². The molecule has 0 unspecified atom stereocenters. The Kier molecular flexibility index (Phi) is 4.49. The number of benzene rings is 1. The van der Waals surface area contributed by atoms with Crippen LogP contribution in [-0.4, -0.2) is 24.7 Å². The number of aryl methyl sites for hydroxylation is 4. The monoisotopic (exact) mass is 307 g/mol. The first-order valence-electron chi connectivity index (χ1n) is 6.86. The average Bonchev–Trinajstić information content (AvgIpc) is 2.71. The Hall–Kier alpha value is -1.66. The van der Waals surface area contributed by atoms with Crippen LogP contribution in [0, 0.1) is 20.8 Å². The van der Waals surface area contributed by atoms with Gasteiger partial charge in [-0.25, -0.2) is 13.1 Å². The molecule has 6 heteroatoms. The van der Waals surface area contributed by atoms with Crippen LogP contribution in [0.1, 0.15) is 22.5 Å². The van der Waals surface area contributed by atoms with Crippen molar-refractivity contribution in [3.05, 3.63) is 46.8 Å². The molecule has 1 aromatic carbocycles. The summed E-state index contributed by atoms with van der Waals surface area (Å²) in [5.74, 6) is 0. The van der Waals surface area contributed by atoms with Crippen LogP contribution in [0.2, 0.25) is 0 Å². The number of nitrogens with one attached hydrogen (secondary N) is 1. The third-order valence-electron chi connectivity index (χ3n) is 3.63. The van der Waals surface area contributed by atoms with Crippen LogP contribution in [0.4, 0.5) is 0 Å². The van der Waals surface area contributed by atoms with Gasteiger partial charge in [-0.05, 0) is 50.1 Å². The van der Waals surface area contributed by atoms with Crippen molar-refractivity contribution in [2.45, 2.75) is 32.1 Å². The van der Waals surface area contributed by atoms with Gasteiger partial charge in [0.2, 0.25) is 10.0 Å². The average molecular weight is 307 g/mol. The minimum Gasteiger partial charge on any atom is -0.273 e. The molecular formula is C15H21N3O2S. The zero-order chi connectivity index (χ0) is 15.6. The Morgan fingerprint density at radius 1 is 1.14 bits per heavy atom. The van der Waals surface area contributed by atoms with E-state index >= 15 is 0 Å². The van der Waals surface area contributed by atoms with Gasteiger partial charge in [-0.3, -0.25) is 4.68 Å². The van der Waals surface area contributed by atoms with Crippen LogP contribution in [0.5, 0.6) is 0 Å². The zero-order valence-corrected chi connectivity index (χ0v) is 13.7. The predicted octanol–water partition coefficient (Wildman–Crippen LogP) is 1.87. The quantitative estimate of drug-likeness (QED) is 0.917. The summed E-state index contributed by atoms with van der Waals surface area (Å²) >= 11 is 0. The molecule has 1 N–H and O–H groups in total.